The molecule has 0 aliphatic heterocycles. The maximum Gasteiger partial charge on any atom is 0.260 e. The summed E-state index contributed by atoms with van der Waals surface area (Å²) in [4.78, 5) is 4.35. The van der Waals surface area contributed by atoms with Crippen LogP contribution in [0.1, 0.15) is 26.6 Å². The van der Waals surface area contributed by atoms with E-state index in [1.807, 2.05) is 0 Å². The first kappa shape index (κ1) is 12.9. The van der Waals surface area contributed by atoms with Gasteiger partial charge in [-0.3, -0.25) is 0 Å². The van der Waals surface area contributed by atoms with E-state index in [0.717, 1.165) is 6.42 Å². The molecule has 0 aliphatic rings. The number of hydrogen-bond donors (Lipinski definition) is 1. The van der Waals surface area contributed by atoms with Crippen LogP contribution in [0, 0.1) is 5.41 Å². The lowest BCUT2D eigenvalue weighted by Crippen LogP contribution is -2.10. The molecule has 5 heteroatoms. The van der Waals surface area contributed by atoms with Crippen LogP contribution < -0.4 is 5.73 Å². The fourth-order valence-electron chi connectivity index (χ4n) is 1.62. The summed E-state index contributed by atoms with van der Waals surface area (Å²) in [5, 5.41) is 4.56. The van der Waals surface area contributed by atoms with Crippen LogP contribution in [0.3, 0.4) is 0 Å². The summed E-state index contributed by atoms with van der Waals surface area (Å²) in [6.07, 6.45) is 0.747. The average molecular weight is 266 g/mol. The number of nitrogens with two attached hydrogens (primary N) is 1. The molecule has 0 atom stereocenters. The first-order chi connectivity index (χ1) is 8.35. The van der Waals surface area contributed by atoms with E-state index in [1.54, 1.807) is 18.2 Å². The monoisotopic (exact) mass is 265 g/mol. The van der Waals surface area contributed by atoms with Gasteiger partial charge >= 0.3 is 0 Å². The molecule has 0 bridgehead atoms. The maximum absolute atomic E-state index is 5.93. The molecule has 1 aromatic heterocycles. The van der Waals surface area contributed by atoms with Crippen molar-refractivity contribution in [1.82, 2.24) is 10.1 Å². The van der Waals surface area contributed by atoms with Crippen molar-refractivity contribution in [1.29, 1.82) is 0 Å². The van der Waals surface area contributed by atoms with Gasteiger partial charge in [-0.1, -0.05) is 37.5 Å². The highest BCUT2D eigenvalue weighted by Gasteiger charge is 2.18. The van der Waals surface area contributed by atoms with E-state index in [2.05, 4.69) is 30.9 Å². The van der Waals surface area contributed by atoms with Crippen molar-refractivity contribution >= 4 is 17.3 Å². The summed E-state index contributed by atoms with van der Waals surface area (Å²) in [6.45, 7) is 6.37. The zero-order valence-corrected chi connectivity index (χ0v) is 11.5. The highest BCUT2D eigenvalue weighted by molar-refractivity contribution is 6.31. The van der Waals surface area contributed by atoms with Crippen LogP contribution in [0.4, 0.5) is 5.69 Å². The minimum atomic E-state index is 0.112. The van der Waals surface area contributed by atoms with Gasteiger partial charge in [-0.25, -0.2) is 0 Å². The molecular weight excluding hydrogens is 250 g/mol. The predicted molar refractivity (Wildman–Crippen MR) is 72.3 cm³/mol. The number of nitrogen functional groups attached to an aromatic ring is 1. The second-order valence-electron chi connectivity index (χ2n) is 5.48. The van der Waals surface area contributed by atoms with Crippen molar-refractivity contribution in [2.45, 2.75) is 27.2 Å². The van der Waals surface area contributed by atoms with Crippen molar-refractivity contribution in [3.63, 3.8) is 0 Å². The molecule has 0 radical (unpaired) electrons. The van der Waals surface area contributed by atoms with Crippen LogP contribution >= 0.6 is 11.6 Å². The number of aromatic nitrogens is 2. The number of nitrogens with zero attached hydrogens (tertiary/aromatic N) is 2. The Balaban J connectivity index is 2.32. The van der Waals surface area contributed by atoms with Gasteiger partial charge in [0.25, 0.3) is 5.89 Å². The van der Waals surface area contributed by atoms with E-state index >= 15 is 0 Å². The van der Waals surface area contributed by atoms with Gasteiger partial charge in [0.15, 0.2) is 5.82 Å². The molecule has 1 aromatic carbocycles. The quantitative estimate of drug-likeness (QED) is 0.843. The molecule has 0 unspecified atom stereocenters. The van der Waals surface area contributed by atoms with Crippen LogP contribution in [0.5, 0.6) is 0 Å². The van der Waals surface area contributed by atoms with Gasteiger partial charge in [0.1, 0.15) is 0 Å². The van der Waals surface area contributed by atoms with Crippen molar-refractivity contribution in [2.24, 2.45) is 5.41 Å². The standard InChI is InChI=1S/C13H16ClN3O/c1-13(2,3)7-11-16-12(18-17-11)9-6-8(14)4-5-10(9)15/h4-6H,7,15H2,1-3H3. The van der Waals surface area contributed by atoms with E-state index in [1.165, 1.54) is 0 Å². The molecule has 2 aromatic rings. The molecule has 2 rings (SSSR count). The summed E-state index contributed by atoms with van der Waals surface area (Å²) in [7, 11) is 0. The molecular formula is C13H16ClN3O. The van der Waals surface area contributed by atoms with Gasteiger partial charge in [0, 0.05) is 17.1 Å². The Hall–Kier alpha value is -1.55. The second-order valence-corrected chi connectivity index (χ2v) is 5.92. The zero-order chi connectivity index (χ0) is 13.3. The number of halogens is 1. The molecule has 0 amide bonds. The number of hydrogen-bond acceptors (Lipinski definition) is 4. The molecule has 0 saturated carbocycles. The lowest BCUT2D eigenvalue weighted by atomic mass is 9.92. The van der Waals surface area contributed by atoms with Gasteiger partial charge < -0.3 is 10.3 Å². The molecule has 0 spiro atoms. The lowest BCUT2D eigenvalue weighted by molar-refractivity contribution is 0.374. The SMILES string of the molecule is CC(C)(C)Cc1noc(-c2cc(Cl)ccc2N)n1. The van der Waals surface area contributed by atoms with Crippen molar-refractivity contribution in [3.05, 3.63) is 29.0 Å². The van der Waals surface area contributed by atoms with E-state index in [-0.39, 0.29) is 5.41 Å². The molecule has 0 saturated heterocycles. The number of rotatable bonds is 2. The lowest BCUT2D eigenvalue weighted by Gasteiger charge is -2.14. The number of benzene rings is 1. The van der Waals surface area contributed by atoms with Crippen molar-refractivity contribution < 1.29 is 4.52 Å². The highest BCUT2D eigenvalue weighted by atomic mass is 35.5. The molecule has 2 N–H and O–H groups in total. The fourth-order valence-corrected chi connectivity index (χ4v) is 1.80. The molecule has 0 fully saturated rings. The molecule has 1 heterocycles. The molecule has 96 valence electrons. The van der Waals surface area contributed by atoms with Crippen LogP contribution in [0.25, 0.3) is 11.5 Å². The summed E-state index contributed by atoms with van der Waals surface area (Å²) in [5.41, 5.74) is 7.23. The Bertz CT molecular complexity index is 558. The summed E-state index contributed by atoms with van der Waals surface area (Å²) >= 11 is 5.93. The van der Waals surface area contributed by atoms with Gasteiger partial charge in [-0.15, -0.1) is 0 Å². The van der Waals surface area contributed by atoms with E-state index in [0.29, 0.717) is 28.0 Å². The Labute approximate surface area is 111 Å². The Morgan fingerprint density at radius 2 is 2.06 bits per heavy atom. The third-order valence-electron chi connectivity index (χ3n) is 2.40. The van der Waals surface area contributed by atoms with Gasteiger partial charge in [-0.05, 0) is 23.6 Å². The maximum atomic E-state index is 5.93. The summed E-state index contributed by atoms with van der Waals surface area (Å²) < 4.78 is 5.23. The van der Waals surface area contributed by atoms with Crippen LogP contribution in [0.2, 0.25) is 5.02 Å². The Morgan fingerprint density at radius 1 is 1.33 bits per heavy atom. The topological polar surface area (TPSA) is 64.9 Å². The average Bonchev–Trinajstić information content (AvgIpc) is 2.67. The normalized spacial score (nSPS) is 11.8. The first-order valence-corrected chi connectivity index (χ1v) is 6.11. The minimum absolute atomic E-state index is 0.112. The zero-order valence-electron chi connectivity index (χ0n) is 10.7. The van der Waals surface area contributed by atoms with Crippen LogP contribution in [-0.2, 0) is 6.42 Å². The molecule has 18 heavy (non-hydrogen) atoms. The minimum Gasteiger partial charge on any atom is -0.398 e. The van der Waals surface area contributed by atoms with Crippen molar-refractivity contribution in [3.8, 4) is 11.5 Å². The van der Waals surface area contributed by atoms with E-state index in [9.17, 15) is 0 Å². The van der Waals surface area contributed by atoms with Crippen molar-refractivity contribution in [2.75, 3.05) is 5.73 Å². The predicted octanol–water partition coefficient (Wildman–Crippen LogP) is 3.56. The van der Waals surface area contributed by atoms with Crippen LogP contribution in [-0.4, -0.2) is 10.1 Å². The van der Waals surface area contributed by atoms with Crippen LogP contribution in [0.15, 0.2) is 22.7 Å². The summed E-state index contributed by atoms with van der Waals surface area (Å²) in [6, 6.07) is 5.18. The Morgan fingerprint density at radius 3 is 2.72 bits per heavy atom. The molecule has 0 aliphatic carbocycles. The largest absolute Gasteiger partial charge is 0.398 e. The third kappa shape index (κ3) is 3.01. The Kier molecular flexibility index (Phi) is 3.30. The first-order valence-electron chi connectivity index (χ1n) is 5.73. The smallest absolute Gasteiger partial charge is 0.260 e. The third-order valence-corrected chi connectivity index (χ3v) is 2.64. The highest BCUT2D eigenvalue weighted by Crippen LogP contribution is 2.28. The van der Waals surface area contributed by atoms with E-state index < -0.39 is 0 Å². The van der Waals surface area contributed by atoms with Gasteiger partial charge in [0.2, 0.25) is 0 Å². The van der Waals surface area contributed by atoms with E-state index in [4.69, 9.17) is 21.9 Å². The summed E-state index contributed by atoms with van der Waals surface area (Å²) in [5.74, 6) is 1.09. The molecule has 4 nitrogen and oxygen atoms in total. The second kappa shape index (κ2) is 4.61. The fraction of sp³-hybridized carbons (Fsp3) is 0.385. The van der Waals surface area contributed by atoms with Gasteiger partial charge in [0.05, 0.1) is 5.56 Å². The number of anilines is 1. The van der Waals surface area contributed by atoms with Gasteiger partial charge in [-0.2, -0.15) is 4.98 Å².